The van der Waals surface area contributed by atoms with Gasteiger partial charge in [-0.05, 0) is 42.7 Å². The smallest absolute Gasteiger partial charge is 0.410 e. The largest absolute Gasteiger partial charge is 0.469 e. The number of halogens is 4. The Kier molecular flexibility index (Phi) is 8.91. The van der Waals surface area contributed by atoms with Gasteiger partial charge in [-0.1, -0.05) is 37.1 Å². The first-order valence-electron chi connectivity index (χ1n) is 13.8. The van der Waals surface area contributed by atoms with Gasteiger partial charge in [-0.2, -0.15) is 4.39 Å². The van der Waals surface area contributed by atoms with Crippen molar-refractivity contribution in [2.75, 3.05) is 19.0 Å². The van der Waals surface area contributed by atoms with Crippen LogP contribution in [0.2, 0.25) is 5.02 Å². The Balaban J connectivity index is 1.51. The first kappa shape index (κ1) is 30.3. The molecule has 3 aromatic rings. The molecule has 1 saturated heterocycles. The second-order valence-electron chi connectivity index (χ2n) is 10.7. The van der Waals surface area contributed by atoms with Crippen LogP contribution in [0.5, 0.6) is 0 Å². The zero-order chi connectivity index (χ0) is 30.8. The molecule has 2 aliphatic rings. The molecule has 5 rings (SSSR count). The van der Waals surface area contributed by atoms with Gasteiger partial charge in [0.15, 0.2) is 5.82 Å². The molecule has 1 N–H and O–H groups in total. The van der Waals surface area contributed by atoms with E-state index in [9.17, 15) is 23.2 Å². The van der Waals surface area contributed by atoms with Crippen LogP contribution in [0.15, 0.2) is 42.6 Å². The van der Waals surface area contributed by atoms with Gasteiger partial charge < -0.3 is 19.7 Å². The molecule has 2 aliphatic heterocycles. The summed E-state index contributed by atoms with van der Waals surface area (Å²) in [5.74, 6) is -3.78. The van der Waals surface area contributed by atoms with Gasteiger partial charge >= 0.3 is 12.1 Å². The van der Waals surface area contributed by atoms with Crippen molar-refractivity contribution in [2.24, 2.45) is 5.92 Å². The number of pyridine rings is 1. The summed E-state index contributed by atoms with van der Waals surface area (Å²) in [6.07, 6.45) is 0.437. The van der Waals surface area contributed by atoms with E-state index in [0.717, 1.165) is 12.1 Å². The minimum absolute atomic E-state index is 0.00868. The molecular formula is C31H29ClF3N3O5. The zero-order valence-electron chi connectivity index (χ0n) is 23.5. The van der Waals surface area contributed by atoms with Crippen molar-refractivity contribution in [3.63, 3.8) is 0 Å². The average molecular weight is 616 g/mol. The fourth-order valence-electron chi connectivity index (χ4n) is 5.55. The Hall–Kier alpha value is -4.12. The molecule has 226 valence electrons. The number of fused-ring (bicyclic) bond motifs is 4. The minimum atomic E-state index is -1.21. The van der Waals surface area contributed by atoms with Crippen LogP contribution >= 0.6 is 11.6 Å². The highest BCUT2D eigenvalue weighted by molar-refractivity contribution is 6.30. The number of methoxy groups -OCH3 is 1. The molecule has 8 nitrogen and oxygen atoms in total. The molecule has 1 fully saturated rings. The number of hydrogen-bond donors (Lipinski definition) is 1. The van der Waals surface area contributed by atoms with E-state index >= 15 is 4.39 Å². The Labute approximate surface area is 251 Å². The first-order valence-corrected chi connectivity index (χ1v) is 14.2. The number of cyclic esters (lactones) is 1. The van der Waals surface area contributed by atoms with Crippen LogP contribution < -0.4 is 5.32 Å². The maximum atomic E-state index is 15.4. The first-order chi connectivity index (χ1) is 20.6. The van der Waals surface area contributed by atoms with E-state index in [-0.39, 0.29) is 42.3 Å². The summed E-state index contributed by atoms with van der Waals surface area (Å²) in [5, 5.41) is 2.63. The Morgan fingerprint density at radius 3 is 2.67 bits per heavy atom. The highest BCUT2D eigenvalue weighted by Crippen LogP contribution is 2.40. The monoisotopic (exact) mass is 615 g/mol. The fourth-order valence-corrected chi connectivity index (χ4v) is 5.71. The second-order valence-corrected chi connectivity index (χ2v) is 11.1. The van der Waals surface area contributed by atoms with Crippen LogP contribution in [-0.2, 0) is 25.5 Å². The van der Waals surface area contributed by atoms with Gasteiger partial charge in [0, 0.05) is 47.5 Å². The SMILES string of the molecule is COC(=O)Cc1ccc2c(c1)NC(=O)C(C)CCC[C@H](N1CC[C@@H](c3c(F)ccc(Cl)c3F)OC1=O)c1cc-2cnc1F. The van der Waals surface area contributed by atoms with E-state index < -0.39 is 53.3 Å². The molecule has 12 heteroatoms. The number of nitrogens with zero attached hydrogens (tertiary/aromatic N) is 2. The summed E-state index contributed by atoms with van der Waals surface area (Å²) in [6.45, 7) is 1.79. The number of amides is 2. The summed E-state index contributed by atoms with van der Waals surface area (Å²) in [5.41, 5.74) is 1.74. The van der Waals surface area contributed by atoms with Crippen molar-refractivity contribution in [3.05, 3.63) is 81.9 Å². The molecule has 1 aromatic heterocycles. The van der Waals surface area contributed by atoms with Crippen LogP contribution in [0.3, 0.4) is 0 Å². The lowest BCUT2D eigenvalue weighted by atomic mass is 9.92. The van der Waals surface area contributed by atoms with Crippen LogP contribution in [0.1, 0.15) is 61.4 Å². The summed E-state index contributed by atoms with van der Waals surface area (Å²) in [7, 11) is 1.29. The van der Waals surface area contributed by atoms with Crippen molar-refractivity contribution in [1.82, 2.24) is 9.88 Å². The number of carbonyl (C=O) groups excluding carboxylic acids is 3. The van der Waals surface area contributed by atoms with Crippen LogP contribution in [-0.4, -0.2) is 41.5 Å². The molecule has 2 bridgehead atoms. The number of ether oxygens (including phenoxy) is 2. The predicted molar refractivity (Wildman–Crippen MR) is 152 cm³/mol. The number of anilines is 1. The molecule has 2 amide bonds. The van der Waals surface area contributed by atoms with E-state index in [1.165, 1.54) is 18.2 Å². The van der Waals surface area contributed by atoms with Gasteiger partial charge in [0.2, 0.25) is 11.9 Å². The van der Waals surface area contributed by atoms with Crippen LogP contribution in [0.4, 0.5) is 23.7 Å². The number of rotatable bonds is 4. The predicted octanol–water partition coefficient (Wildman–Crippen LogP) is 6.92. The summed E-state index contributed by atoms with van der Waals surface area (Å²) < 4.78 is 54.8. The summed E-state index contributed by atoms with van der Waals surface area (Å²) in [6, 6.07) is 7.90. The topological polar surface area (TPSA) is 97.8 Å². The summed E-state index contributed by atoms with van der Waals surface area (Å²) in [4.78, 5) is 43.6. The lowest BCUT2D eigenvalue weighted by Gasteiger charge is -2.38. The van der Waals surface area contributed by atoms with Crippen molar-refractivity contribution < 1.29 is 37.0 Å². The maximum Gasteiger partial charge on any atom is 0.410 e. The Morgan fingerprint density at radius 2 is 1.93 bits per heavy atom. The third-order valence-electron chi connectivity index (χ3n) is 7.90. The molecular weight excluding hydrogens is 587 g/mol. The molecule has 0 aliphatic carbocycles. The lowest BCUT2D eigenvalue weighted by Crippen LogP contribution is -2.42. The summed E-state index contributed by atoms with van der Waals surface area (Å²) >= 11 is 5.84. The highest BCUT2D eigenvalue weighted by atomic mass is 35.5. The molecule has 43 heavy (non-hydrogen) atoms. The normalized spacial score (nSPS) is 20.7. The molecule has 0 spiro atoms. The third-order valence-corrected chi connectivity index (χ3v) is 8.20. The van der Waals surface area contributed by atoms with E-state index in [0.29, 0.717) is 35.2 Å². The lowest BCUT2D eigenvalue weighted by molar-refractivity contribution is -0.139. The number of esters is 1. The number of hydrogen-bond acceptors (Lipinski definition) is 6. The molecule has 3 heterocycles. The molecule has 2 aromatic carbocycles. The Bertz CT molecular complexity index is 1590. The quantitative estimate of drug-likeness (QED) is 0.194. The Morgan fingerprint density at radius 1 is 1.14 bits per heavy atom. The maximum absolute atomic E-state index is 15.4. The van der Waals surface area contributed by atoms with Gasteiger partial charge in [-0.25, -0.2) is 18.6 Å². The van der Waals surface area contributed by atoms with Crippen LogP contribution in [0.25, 0.3) is 11.1 Å². The third kappa shape index (κ3) is 6.31. The molecule has 0 radical (unpaired) electrons. The highest BCUT2D eigenvalue weighted by Gasteiger charge is 2.37. The minimum Gasteiger partial charge on any atom is -0.469 e. The van der Waals surface area contributed by atoms with E-state index in [2.05, 4.69) is 10.3 Å². The number of nitrogens with one attached hydrogen (secondary N) is 1. The average Bonchev–Trinajstić information content (AvgIpc) is 2.98. The van der Waals surface area contributed by atoms with Crippen molar-refractivity contribution in [3.8, 4) is 11.1 Å². The number of benzene rings is 2. The van der Waals surface area contributed by atoms with Gasteiger partial charge in [-0.3, -0.25) is 9.59 Å². The standard InChI is InChI=1S/C31H29ClF3N3O5/c1-16-4-3-5-24(38-11-10-25(43-31(38)41)27-22(33)9-8-21(32)28(27)34)20-14-18(15-36-29(20)35)19-7-6-17(13-26(39)42-2)12-23(19)37-30(16)40/h6-9,12,14-16,24-25H,3-5,10-11,13H2,1-2H3,(H,37,40)/t16?,24-,25-/m0/s1. The van der Waals surface area contributed by atoms with Gasteiger partial charge in [0.05, 0.1) is 30.2 Å². The molecule has 0 saturated carbocycles. The number of carbonyl (C=O) groups is 3. The fraction of sp³-hybridized carbons (Fsp3) is 0.355. The van der Waals surface area contributed by atoms with E-state index in [1.54, 1.807) is 31.2 Å². The van der Waals surface area contributed by atoms with E-state index in [4.69, 9.17) is 21.1 Å². The van der Waals surface area contributed by atoms with Crippen LogP contribution in [0, 0.1) is 23.5 Å². The zero-order valence-corrected chi connectivity index (χ0v) is 24.2. The number of aromatic nitrogens is 1. The van der Waals surface area contributed by atoms with Crippen molar-refractivity contribution >= 4 is 35.3 Å². The molecule has 3 atom stereocenters. The van der Waals surface area contributed by atoms with Gasteiger partial charge in [0.25, 0.3) is 0 Å². The van der Waals surface area contributed by atoms with Crippen molar-refractivity contribution in [1.29, 1.82) is 0 Å². The van der Waals surface area contributed by atoms with Gasteiger partial charge in [0.1, 0.15) is 11.9 Å². The molecule has 1 unspecified atom stereocenters. The van der Waals surface area contributed by atoms with Crippen molar-refractivity contribution in [2.45, 2.75) is 51.2 Å². The van der Waals surface area contributed by atoms with E-state index in [1.807, 2.05) is 0 Å². The van der Waals surface area contributed by atoms with Gasteiger partial charge in [-0.15, -0.1) is 0 Å². The second kappa shape index (κ2) is 12.6.